The van der Waals surface area contributed by atoms with Gasteiger partial charge in [0.05, 0.1) is 12.7 Å². The van der Waals surface area contributed by atoms with Crippen molar-refractivity contribution in [3.63, 3.8) is 0 Å². The van der Waals surface area contributed by atoms with Crippen LogP contribution in [0.4, 0.5) is 0 Å². The van der Waals surface area contributed by atoms with Gasteiger partial charge in [-0.05, 0) is 42.3 Å². The van der Waals surface area contributed by atoms with Crippen LogP contribution in [0.3, 0.4) is 0 Å². The van der Waals surface area contributed by atoms with E-state index in [-0.39, 0.29) is 12.2 Å². The quantitative estimate of drug-likeness (QED) is 0.827. The molecule has 2 aromatic carbocycles. The summed E-state index contributed by atoms with van der Waals surface area (Å²) in [5.41, 5.74) is 1.61. The maximum absolute atomic E-state index is 12.6. The predicted molar refractivity (Wildman–Crippen MR) is 83.8 cm³/mol. The summed E-state index contributed by atoms with van der Waals surface area (Å²) in [6, 6.07) is 11.7. The number of aryl methyl sites for hydroxylation is 1. The number of carboxylic acids is 1. The lowest BCUT2D eigenvalue weighted by atomic mass is 9.98. The molecule has 22 heavy (non-hydrogen) atoms. The molecular formula is C17H15ClO4. The predicted octanol–water partition coefficient (Wildman–Crippen LogP) is 3.60. The molecule has 5 heteroatoms. The minimum atomic E-state index is -0.892. The van der Waals surface area contributed by atoms with Crippen molar-refractivity contribution in [2.24, 2.45) is 0 Å². The molecule has 0 bridgehead atoms. The van der Waals surface area contributed by atoms with Crippen LogP contribution in [0.2, 0.25) is 5.02 Å². The number of hydrogen-bond acceptors (Lipinski definition) is 3. The lowest BCUT2D eigenvalue weighted by Crippen LogP contribution is -2.07. The highest BCUT2D eigenvalue weighted by atomic mass is 35.5. The summed E-state index contributed by atoms with van der Waals surface area (Å²) in [6.07, 6.45) is 0.287. The van der Waals surface area contributed by atoms with Crippen molar-refractivity contribution in [1.82, 2.24) is 0 Å². The summed E-state index contributed by atoms with van der Waals surface area (Å²) in [4.78, 5) is 23.3. The molecule has 0 radical (unpaired) electrons. The Kier molecular flexibility index (Phi) is 5.17. The number of halogens is 1. The fraction of sp³-hybridized carbons (Fsp3) is 0.176. The van der Waals surface area contributed by atoms with E-state index in [1.807, 2.05) is 0 Å². The summed E-state index contributed by atoms with van der Waals surface area (Å²) in [7, 11) is 1.47. The summed E-state index contributed by atoms with van der Waals surface area (Å²) in [6.45, 7) is 0. The van der Waals surface area contributed by atoms with Crippen molar-refractivity contribution in [3.8, 4) is 5.75 Å². The third-order valence-electron chi connectivity index (χ3n) is 3.26. The number of para-hydroxylation sites is 1. The number of carbonyl (C=O) groups is 2. The number of benzene rings is 2. The van der Waals surface area contributed by atoms with E-state index in [2.05, 4.69) is 0 Å². The first-order valence-corrected chi connectivity index (χ1v) is 7.08. The fourth-order valence-electron chi connectivity index (χ4n) is 2.20. The molecule has 0 heterocycles. The largest absolute Gasteiger partial charge is 0.496 e. The molecule has 2 aromatic rings. The molecule has 0 aliphatic heterocycles. The van der Waals surface area contributed by atoms with Gasteiger partial charge in [-0.3, -0.25) is 9.59 Å². The van der Waals surface area contributed by atoms with E-state index in [9.17, 15) is 9.59 Å². The molecular weight excluding hydrogens is 304 g/mol. The highest BCUT2D eigenvalue weighted by molar-refractivity contribution is 6.30. The molecule has 0 aliphatic rings. The summed E-state index contributed by atoms with van der Waals surface area (Å²) in [5, 5.41) is 9.35. The first-order chi connectivity index (χ1) is 10.5. The smallest absolute Gasteiger partial charge is 0.303 e. The van der Waals surface area contributed by atoms with E-state index in [1.165, 1.54) is 7.11 Å². The molecule has 0 fully saturated rings. The SMILES string of the molecule is COc1c(CCC(=O)O)cccc1C(=O)c1ccc(Cl)cc1. The minimum absolute atomic E-state index is 0.0189. The van der Waals surface area contributed by atoms with Crippen LogP contribution in [0.5, 0.6) is 5.75 Å². The molecule has 2 rings (SSSR count). The van der Waals surface area contributed by atoms with Gasteiger partial charge in [-0.1, -0.05) is 23.7 Å². The Morgan fingerprint density at radius 3 is 2.41 bits per heavy atom. The first-order valence-electron chi connectivity index (χ1n) is 6.71. The molecule has 4 nitrogen and oxygen atoms in total. The van der Waals surface area contributed by atoms with Gasteiger partial charge in [0.15, 0.2) is 5.78 Å². The van der Waals surface area contributed by atoms with Crippen LogP contribution in [0.1, 0.15) is 27.9 Å². The van der Waals surface area contributed by atoms with Crippen LogP contribution in [0.15, 0.2) is 42.5 Å². The highest BCUT2D eigenvalue weighted by Gasteiger charge is 2.17. The Labute approximate surface area is 133 Å². The van der Waals surface area contributed by atoms with Gasteiger partial charge >= 0.3 is 5.97 Å². The zero-order valence-electron chi connectivity index (χ0n) is 12.0. The standard InChI is InChI=1S/C17H15ClO4/c1-22-17-12(7-10-15(19)20)3-2-4-14(17)16(21)11-5-8-13(18)9-6-11/h2-6,8-9H,7,10H2,1H3,(H,19,20). The van der Waals surface area contributed by atoms with Gasteiger partial charge in [0.2, 0.25) is 0 Å². The molecule has 0 unspecified atom stereocenters. The number of carbonyl (C=O) groups excluding carboxylic acids is 1. The first kappa shape index (κ1) is 16.0. The van der Waals surface area contributed by atoms with E-state index in [0.29, 0.717) is 33.9 Å². The van der Waals surface area contributed by atoms with Crippen molar-refractivity contribution in [1.29, 1.82) is 0 Å². The van der Waals surface area contributed by atoms with Crippen LogP contribution < -0.4 is 4.74 Å². The van der Waals surface area contributed by atoms with Crippen molar-refractivity contribution in [2.75, 3.05) is 7.11 Å². The minimum Gasteiger partial charge on any atom is -0.496 e. The topological polar surface area (TPSA) is 63.6 Å². The third kappa shape index (κ3) is 3.65. The maximum Gasteiger partial charge on any atom is 0.303 e. The van der Waals surface area contributed by atoms with Crippen LogP contribution in [-0.2, 0) is 11.2 Å². The molecule has 0 aliphatic carbocycles. The fourth-order valence-corrected chi connectivity index (χ4v) is 2.33. The van der Waals surface area contributed by atoms with E-state index in [0.717, 1.165) is 0 Å². The lowest BCUT2D eigenvalue weighted by molar-refractivity contribution is -0.136. The lowest BCUT2D eigenvalue weighted by Gasteiger charge is -2.12. The van der Waals surface area contributed by atoms with Crippen molar-refractivity contribution in [2.45, 2.75) is 12.8 Å². The second-order valence-corrected chi connectivity index (χ2v) is 5.16. The Hall–Kier alpha value is -2.33. The highest BCUT2D eigenvalue weighted by Crippen LogP contribution is 2.27. The molecule has 0 atom stereocenters. The van der Waals surface area contributed by atoms with Crippen molar-refractivity contribution in [3.05, 3.63) is 64.2 Å². The number of ketones is 1. The van der Waals surface area contributed by atoms with Crippen LogP contribution >= 0.6 is 11.6 Å². The van der Waals surface area contributed by atoms with Crippen LogP contribution in [-0.4, -0.2) is 24.0 Å². The summed E-state index contributed by atoms with van der Waals surface area (Å²) >= 11 is 5.83. The van der Waals surface area contributed by atoms with Crippen molar-refractivity contribution >= 4 is 23.4 Å². The van der Waals surface area contributed by atoms with Gasteiger partial charge in [-0.15, -0.1) is 0 Å². The van der Waals surface area contributed by atoms with Crippen molar-refractivity contribution < 1.29 is 19.4 Å². The number of hydrogen-bond donors (Lipinski definition) is 1. The molecule has 0 saturated heterocycles. The average Bonchev–Trinajstić information content (AvgIpc) is 2.52. The van der Waals surface area contributed by atoms with E-state index in [1.54, 1.807) is 42.5 Å². The zero-order chi connectivity index (χ0) is 16.1. The molecule has 0 spiro atoms. The van der Waals surface area contributed by atoms with Crippen LogP contribution in [0, 0.1) is 0 Å². The zero-order valence-corrected chi connectivity index (χ0v) is 12.8. The van der Waals surface area contributed by atoms with Gasteiger partial charge in [-0.25, -0.2) is 0 Å². The van der Waals surface area contributed by atoms with Gasteiger partial charge in [-0.2, -0.15) is 0 Å². The Morgan fingerprint density at radius 1 is 1.14 bits per heavy atom. The number of methoxy groups -OCH3 is 1. The van der Waals surface area contributed by atoms with Gasteiger partial charge in [0.1, 0.15) is 5.75 Å². The van der Waals surface area contributed by atoms with Crippen LogP contribution in [0.25, 0.3) is 0 Å². The van der Waals surface area contributed by atoms with Gasteiger partial charge in [0, 0.05) is 17.0 Å². The third-order valence-corrected chi connectivity index (χ3v) is 3.51. The van der Waals surface area contributed by atoms with Gasteiger partial charge < -0.3 is 9.84 Å². The Balaban J connectivity index is 2.37. The molecule has 0 aromatic heterocycles. The van der Waals surface area contributed by atoms with E-state index < -0.39 is 5.97 Å². The average molecular weight is 319 g/mol. The summed E-state index contributed by atoms with van der Waals surface area (Å²) < 4.78 is 5.34. The Bertz CT molecular complexity index is 692. The molecule has 0 saturated carbocycles. The van der Waals surface area contributed by atoms with E-state index >= 15 is 0 Å². The Morgan fingerprint density at radius 2 is 1.82 bits per heavy atom. The maximum atomic E-state index is 12.6. The second-order valence-electron chi connectivity index (χ2n) is 4.73. The number of carboxylic acid groups (broad SMARTS) is 1. The number of aliphatic carboxylic acids is 1. The van der Waals surface area contributed by atoms with Gasteiger partial charge in [0.25, 0.3) is 0 Å². The monoisotopic (exact) mass is 318 g/mol. The number of ether oxygens (including phenoxy) is 1. The molecule has 0 amide bonds. The molecule has 1 N–H and O–H groups in total. The normalized spacial score (nSPS) is 10.3. The number of rotatable bonds is 6. The van der Waals surface area contributed by atoms with E-state index in [4.69, 9.17) is 21.4 Å². The second kappa shape index (κ2) is 7.09. The molecule has 114 valence electrons. The summed E-state index contributed by atoms with van der Waals surface area (Å²) in [5.74, 6) is -0.661.